The quantitative estimate of drug-likeness (QED) is 0.439. The average molecular weight is 211 g/mol. The Balaban J connectivity index is 2.69. The number of amidine groups is 1. The summed E-state index contributed by atoms with van der Waals surface area (Å²) in [7, 11) is 0. The fraction of sp³-hybridized carbons (Fsp3) is 0.818. The zero-order chi connectivity index (χ0) is 11.3. The first kappa shape index (κ1) is 12.0. The van der Waals surface area contributed by atoms with E-state index in [0.29, 0.717) is 0 Å². The van der Waals surface area contributed by atoms with Crippen molar-refractivity contribution in [3.63, 3.8) is 0 Å². The Morgan fingerprint density at radius 3 is 2.93 bits per heavy atom. The van der Waals surface area contributed by atoms with Gasteiger partial charge in [-0.2, -0.15) is 0 Å². The van der Waals surface area contributed by atoms with E-state index in [1.165, 1.54) is 12.6 Å². The van der Waals surface area contributed by atoms with Crippen molar-refractivity contribution in [3.05, 3.63) is 0 Å². The molecular formula is C11H21N3O. The number of hydrogen-bond acceptors (Lipinski definition) is 4. The first-order valence-electron chi connectivity index (χ1n) is 5.56. The van der Waals surface area contributed by atoms with Gasteiger partial charge in [0.2, 0.25) is 0 Å². The molecule has 0 saturated carbocycles. The zero-order valence-electron chi connectivity index (χ0n) is 9.90. The number of aliphatic imine (C=N–C) groups is 1. The molecule has 0 saturated heterocycles. The van der Waals surface area contributed by atoms with Crippen molar-refractivity contribution < 1.29 is 5.21 Å². The van der Waals surface area contributed by atoms with E-state index in [2.05, 4.69) is 35.8 Å². The molecule has 1 rings (SSSR count). The minimum atomic E-state index is 0.223. The summed E-state index contributed by atoms with van der Waals surface area (Å²) in [6.45, 7) is 9.37. The van der Waals surface area contributed by atoms with Crippen LogP contribution in [0.3, 0.4) is 0 Å². The van der Waals surface area contributed by atoms with Gasteiger partial charge >= 0.3 is 0 Å². The van der Waals surface area contributed by atoms with Gasteiger partial charge in [0.15, 0.2) is 0 Å². The fourth-order valence-corrected chi connectivity index (χ4v) is 1.76. The van der Waals surface area contributed by atoms with Crippen LogP contribution < -0.4 is 0 Å². The van der Waals surface area contributed by atoms with Crippen LogP contribution in [0.15, 0.2) is 10.1 Å². The van der Waals surface area contributed by atoms with Gasteiger partial charge in [-0.1, -0.05) is 32.3 Å². The monoisotopic (exact) mass is 211 g/mol. The summed E-state index contributed by atoms with van der Waals surface area (Å²) in [5.41, 5.74) is 0.223. The molecule has 0 bridgehead atoms. The van der Waals surface area contributed by atoms with Crippen LogP contribution in [-0.2, 0) is 0 Å². The first-order valence-corrected chi connectivity index (χ1v) is 5.56. The molecule has 86 valence electrons. The average Bonchev–Trinajstić information content (AvgIpc) is 2.18. The Hall–Kier alpha value is -1.06. The van der Waals surface area contributed by atoms with E-state index < -0.39 is 0 Å². The molecule has 0 aromatic heterocycles. The number of hydrogen-bond donors (Lipinski definition) is 1. The summed E-state index contributed by atoms with van der Waals surface area (Å²) in [6, 6.07) is 0. The van der Waals surface area contributed by atoms with Gasteiger partial charge in [-0.05, 0) is 6.42 Å². The molecule has 0 aliphatic carbocycles. The van der Waals surface area contributed by atoms with Gasteiger partial charge < -0.3 is 10.1 Å². The predicted octanol–water partition coefficient (Wildman–Crippen LogP) is 1.99. The van der Waals surface area contributed by atoms with Crippen LogP contribution in [0.5, 0.6) is 0 Å². The number of oxime groups is 1. The van der Waals surface area contributed by atoms with Crippen molar-refractivity contribution in [3.8, 4) is 0 Å². The van der Waals surface area contributed by atoms with Gasteiger partial charge in [0.25, 0.3) is 0 Å². The third kappa shape index (κ3) is 3.53. The van der Waals surface area contributed by atoms with Crippen molar-refractivity contribution in [1.29, 1.82) is 0 Å². The van der Waals surface area contributed by atoms with Gasteiger partial charge in [-0.3, -0.25) is 4.99 Å². The Kier molecular flexibility index (Phi) is 4.12. The predicted molar refractivity (Wildman–Crippen MR) is 62.8 cm³/mol. The molecule has 0 atom stereocenters. The second kappa shape index (κ2) is 5.14. The van der Waals surface area contributed by atoms with E-state index in [1.54, 1.807) is 0 Å². The highest BCUT2D eigenvalue weighted by atomic mass is 16.4. The standard InChI is InChI=1S/C11H21N3O/c1-4-5-6-14-9-11(2,3)8-12-10(14)7-13-15/h7,15H,4-6,8-9H2,1-3H3. The maximum absolute atomic E-state index is 8.55. The molecule has 4 nitrogen and oxygen atoms in total. The van der Waals surface area contributed by atoms with E-state index in [0.717, 1.165) is 31.9 Å². The summed E-state index contributed by atoms with van der Waals surface area (Å²) >= 11 is 0. The molecule has 0 fully saturated rings. The second-order valence-corrected chi connectivity index (χ2v) is 4.86. The van der Waals surface area contributed by atoms with Crippen LogP contribution in [0.2, 0.25) is 0 Å². The SMILES string of the molecule is CCCCN1CC(C)(C)CN=C1C=NO. The second-order valence-electron chi connectivity index (χ2n) is 4.86. The van der Waals surface area contributed by atoms with E-state index in [-0.39, 0.29) is 5.41 Å². The summed E-state index contributed by atoms with van der Waals surface area (Å²) < 4.78 is 0. The summed E-state index contributed by atoms with van der Waals surface area (Å²) in [5.74, 6) is 0.810. The van der Waals surface area contributed by atoms with E-state index in [1.807, 2.05) is 0 Å². The third-order valence-corrected chi connectivity index (χ3v) is 2.57. The molecule has 0 unspecified atom stereocenters. The fourth-order valence-electron chi connectivity index (χ4n) is 1.76. The Labute approximate surface area is 91.7 Å². The molecule has 0 spiro atoms. The van der Waals surface area contributed by atoms with Gasteiger partial charge in [0.05, 0.1) is 0 Å². The molecular weight excluding hydrogens is 190 g/mol. The summed E-state index contributed by atoms with van der Waals surface area (Å²) in [4.78, 5) is 6.64. The van der Waals surface area contributed by atoms with Crippen LogP contribution in [0.25, 0.3) is 0 Å². The largest absolute Gasteiger partial charge is 0.411 e. The van der Waals surface area contributed by atoms with Crippen LogP contribution in [-0.4, -0.2) is 41.8 Å². The number of nitrogens with zero attached hydrogens (tertiary/aromatic N) is 3. The molecule has 1 aliphatic rings. The molecule has 15 heavy (non-hydrogen) atoms. The van der Waals surface area contributed by atoms with E-state index >= 15 is 0 Å². The summed E-state index contributed by atoms with van der Waals surface area (Å²) in [6.07, 6.45) is 3.75. The summed E-state index contributed by atoms with van der Waals surface area (Å²) in [5, 5.41) is 11.6. The van der Waals surface area contributed by atoms with Crippen molar-refractivity contribution in [1.82, 2.24) is 4.90 Å². The Morgan fingerprint density at radius 2 is 2.33 bits per heavy atom. The van der Waals surface area contributed by atoms with Gasteiger partial charge in [-0.15, -0.1) is 0 Å². The number of rotatable bonds is 4. The maximum atomic E-state index is 8.55. The van der Waals surface area contributed by atoms with Crippen molar-refractivity contribution in [2.24, 2.45) is 15.6 Å². The molecule has 4 heteroatoms. The van der Waals surface area contributed by atoms with Crippen LogP contribution >= 0.6 is 0 Å². The van der Waals surface area contributed by atoms with Crippen molar-refractivity contribution >= 4 is 12.1 Å². The molecule has 0 aromatic carbocycles. The van der Waals surface area contributed by atoms with E-state index in [9.17, 15) is 0 Å². The van der Waals surface area contributed by atoms with Gasteiger partial charge in [0.1, 0.15) is 12.1 Å². The highest BCUT2D eigenvalue weighted by Gasteiger charge is 2.27. The first-order chi connectivity index (χ1) is 7.09. The lowest BCUT2D eigenvalue weighted by Crippen LogP contribution is -2.45. The molecule has 1 heterocycles. The van der Waals surface area contributed by atoms with Gasteiger partial charge in [-0.25, -0.2) is 0 Å². The van der Waals surface area contributed by atoms with Crippen LogP contribution in [0.1, 0.15) is 33.6 Å². The molecule has 0 radical (unpaired) electrons. The molecule has 0 aromatic rings. The van der Waals surface area contributed by atoms with Crippen LogP contribution in [0.4, 0.5) is 0 Å². The third-order valence-electron chi connectivity index (χ3n) is 2.57. The van der Waals surface area contributed by atoms with Crippen molar-refractivity contribution in [2.45, 2.75) is 33.6 Å². The topological polar surface area (TPSA) is 48.2 Å². The smallest absolute Gasteiger partial charge is 0.145 e. The normalized spacial score (nSPS) is 20.7. The molecule has 0 amide bonds. The van der Waals surface area contributed by atoms with Gasteiger partial charge in [0, 0.05) is 25.0 Å². The number of unbranched alkanes of at least 4 members (excludes halogenated alkanes) is 1. The molecule has 1 aliphatic heterocycles. The molecule has 1 N–H and O–H groups in total. The zero-order valence-corrected chi connectivity index (χ0v) is 9.90. The minimum absolute atomic E-state index is 0.223. The highest BCUT2D eigenvalue weighted by molar-refractivity contribution is 6.29. The van der Waals surface area contributed by atoms with Crippen molar-refractivity contribution in [2.75, 3.05) is 19.6 Å². The maximum Gasteiger partial charge on any atom is 0.145 e. The Bertz CT molecular complexity index is 259. The lowest BCUT2D eigenvalue weighted by molar-refractivity contribution is 0.240. The highest BCUT2D eigenvalue weighted by Crippen LogP contribution is 2.22. The lowest BCUT2D eigenvalue weighted by Gasteiger charge is -2.37. The van der Waals surface area contributed by atoms with Crippen LogP contribution in [0, 0.1) is 5.41 Å². The lowest BCUT2D eigenvalue weighted by atomic mass is 9.91. The minimum Gasteiger partial charge on any atom is -0.411 e. The van der Waals surface area contributed by atoms with E-state index in [4.69, 9.17) is 5.21 Å². The Morgan fingerprint density at radius 1 is 1.60 bits per heavy atom.